The van der Waals surface area contributed by atoms with Gasteiger partial charge in [0.2, 0.25) is 16.0 Å². The van der Waals surface area contributed by atoms with E-state index in [9.17, 15) is 16.8 Å². The van der Waals surface area contributed by atoms with Crippen LogP contribution in [0.4, 0.5) is 0 Å². The van der Waals surface area contributed by atoms with Crippen LogP contribution >= 0.6 is 12.4 Å². The van der Waals surface area contributed by atoms with E-state index in [1.165, 1.54) is 43.4 Å². The molecular formula is C22H34ClN5O7S2. The second-order valence-corrected chi connectivity index (χ2v) is 11.7. The molecule has 0 unspecified atom stereocenters. The third-order valence-electron chi connectivity index (χ3n) is 4.74. The number of benzene rings is 2. The Morgan fingerprint density at radius 3 is 2.22 bits per heavy atom. The lowest BCUT2D eigenvalue weighted by atomic mass is 10.2. The maximum absolute atomic E-state index is 13.2. The van der Waals surface area contributed by atoms with E-state index in [-0.39, 0.29) is 48.8 Å². The monoisotopic (exact) mass is 579 g/mol. The van der Waals surface area contributed by atoms with Crippen LogP contribution in [0.2, 0.25) is 0 Å². The Morgan fingerprint density at radius 2 is 1.59 bits per heavy atom. The maximum atomic E-state index is 13.2. The third-order valence-corrected chi connectivity index (χ3v) is 8.09. The summed E-state index contributed by atoms with van der Waals surface area (Å²) >= 11 is 0. The van der Waals surface area contributed by atoms with Gasteiger partial charge in [-0.2, -0.15) is 12.7 Å². The first kappa shape index (κ1) is 32.4. The number of hydrogen-bond acceptors (Lipinski definition) is 9. The SMILES string of the molecule is Cc1cc(OCCCONC(=N)N)cc(OS(=O)(=O)c2ccccc2S(=O)(=O)N(C)CCN(C)C)c1.Cl. The molecule has 0 amide bonds. The van der Waals surface area contributed by atoms with Crippen LogP contribution in [0.25, 0.3) is 0 Å². The van der Waals surface area contributed by atoms with Gasteiger partial charge < -0.3 is 19.6 Å². The van der Waals surface area contributed by atoms with Crippen LogP contribution in [0.15, 0.2) is 52.3 Å². The van der Waals surface area contributed by atoms with E-state index in [0.717, 1.165) is 4.31 Å². The van der Waals surface area contributed by atoms with E-state index in [1.807, 2.05) is 19.0 Å². The van der Waals surface area contributed by atoms with Crippen molar-refractivity contribution in [1.29, 1.82) is 5.41 Å². The average molecular weight is 580 g/mol. The lowest BCUT2D eigenvalue weighted by Gasteiger charge is -2.21. The van der Waals surface area contributed by atoms with Crippen molar-refractivity contribution >= 4 is 38.5 Å². The molecule has 2 aromatic carbocycles. The molecule has 2 rings (SSSR count). The van der Waals surface area contributed by atoms with Crippen molar-refractivity contribution in [2.24, 2.45) is 5.73 Å². The summed E-state index contributed by atoms with van der Waals surface area (Å²) in [6, 6.07) is 9.94. The van der Waals surface area contributed by atoms with Crippen LogP contribution in [0.1, 0.15) is 12.0 Å². The molecule has 2 aromatic rings. The largest absolute Gasteiger partial charge is 0.493 e. The fourth-order valence-corrected chi connectivity index (χ4v) is 5.82. The zero-order chi connectivity index (χ0) is 26.9. The minimum absolute atomic E-state index is 0. The predicted molar refractivity (Wildman–Crippen MR) is 142 cm³/mol. The number of hydroxylamine groups is 1. The first-order valence-electron chi connectivity index (χ1n) is 10.9. The molecule has 0 aliphatic carbocycles. The number of nitrogens with zero attached hydrogens (tertiary/aromatic N) is 2. The van der Waals surface area contributed by atoms with Crippen LogP contribution in [-0.2, 0) is 25.0 Å². The molecular weight excluding hydrogens is 546 g/mol. The minimum atomic E-state index is -4.50. The lowest BCUT2D eigenvalue weighted by molar-refractivity contribution is 0.0733. The van der Waals surface area contributed by atoms with Crippen molar-refractivity contribution < 1.29 is 30.6 Å². The standard InChI is InChI=1S/C22H33N5O7S2.ClH/c1-17-14-18(32-12-7-13-33-25-22(23)24)16-19(15-17)34-36(30,31)21-9-6-5-8-20(21)35(28,29)27(4)11-10-26(2)3;/h5-6,8-9,14-16H,7,10-13H2,1-4H3,(H4,23,24,25);1H. The van der Waals surface area contributed by atoms with E-state index in [1.54, 1.807) is 13.0 Å². The molecule has 0 aliphatic heterocycles. The van der Waals surface area contributed by atoms with Gasteiger partial charge in [-0.3, -0.25) is 10.2 Å². The van der Waals surface area contributed by atoms with Crippen molar-refractivity contribution in [3.05, 3.63) is 48.0 Å². The summed E-state index contributed by atoms with van der Waals surface area (Å²) in [6.07, 6.45) is 0.468. The lowest BCUT2D eigenvalue weighted by Crippen LogP contribution is -2.34. The summed E-state index contributed by atoms with van der Waals surface area (Å²) in [5.74, 6) is 0.0314. The number of halogens is 1. The number of hydrogen-bond donors (Lipinski definition) is 3. The Kier molecular flexibility index (Phi) is 12.6. The van der Waals surface area contributed by atoms with Crippen molar-refractivity contribution in [2.75, 3.05) is 47.4 Å². The highest BCUT2D eigenvalue weighted by molar-refractivity contribution is 7.91. The van der Waals surface area contributed by atoms with Gasteiger partial charge >= 0.3 is 10.1 Å². The van der Waals surface area contributed by atoms with Crippen LogP contribution in [-0.4, -0.2) is 79.4 Å². The zero-order valence-corrected chi connectivity index (χ0v) is 23.6. The molecule has 0 spiro atoms. The number of nitrogens with two attached hydrogens (primary N) is 1. The van der Waals surface area contributed by atoms with Gasteiger partial charge in [-0.1, -0.05) is 12.1 Å². The third kappa shape index (κ3) is 9.98. The minimum Gasteiger partial charge on any atom is -0.493 e. The number of nitrogens with one attached hydrogen (secondary N) is 2. The van der Waals surface area contributed by atoms with Crippen molar-refractivity contribution in [3.8, 4) is 11.5 Å². The van der Waals surface area contributed by atoms with E-state index in [0.29, 0.717) is 24.3 Å². The summed E-state index contributed by atoms with van der Waals surface area (Å²) in [4.78, 5) is 5.94. The van der Waals surface area contributed by atoms with E-state index < -0.39 is 25.0 Å². The Balaban J connectivity index is 0.00000684. The van der Waals surface area contributed by atoms with Crippen LogP contribution in [0.3, 0.4) is 0 Å². The second kappa shape index (κ2) is 14.4. The number of guanidine groups is 1. The summed E-state index contributed by atoms with van der Waals surface area (Å²) in [5.41, 5.74) is 8.00. The molecule has 0 fully saturated rings. The van der Waals surface area contributed by atoms with Gasteiger partial charge in [0, 0.05) is 32.6 Å². The highest BCUT2D eigenvalue weighted by Crippen LogP contribution is 2.29. The van der Waals surface area contributed by atoms with Gasteiger partial charge in [-0.05, 0) is 50.8 Å². The molecule has 0 aliphatic rings. The van der Waals surface area contributed by atoms with E-state index in [4.69, 9.17) is 24.9 Å². The molecule has 12 nitrogen and oxygen atoms in total. The molecule has 0 saturated heterocycles. The summed E-state index contributed by atoms with van der Waals surface area (Å²) in [7, 11) is -3.58. The average Bonchev–Trinajstić information content (AvgIpc) is 2.78. The number of sulfonamides is 1. The Morgan fingerprint density at radius 1 is 0.973 bits per heavy atom. The Hall–Kier alpha value is -2.62. The number of aryl methyl sites for hydroxylation is 1. The first-order chi connectivity index (χ1) is 16.8. The van der Waals surface area contributed by atoms with Crippen LogP contribution in [0.5, 0.6) is 11.5 Å². The highest BCUT2D eigenvalue weighted by Gasteiger charge is 2.30. The molecule has 37 heavy (non-hydrogen) atoms. The summed E-state index contributed by atoms with van der Waals surface area (Å²) in [6.45, 7) is 2.86. The molecule has 4 N–H and O–H groups in total. The van der Waals surface area contributed by atoms with Gasteiger partial charge in [0.1, 0.15) is 21.3 Å². The quantitative estimate of drug-likeness (QED) is 0.0983. The molecule has 0 saturated carbocycles. The topological polar surface area (TPSA) is 164 Å². The molecule has 0 radical (unpaired) electrons. The molecule has 0 heterocycles. The first-order valence-corrected chi connectivity index (χ1v) is 13.8. The fraction of sp³-hybridized carbons (Fsp3) is 0.409. The maximum Gasteiger partial charge on any atom is 0.340 e. The van der Waals surface area contributed by atoms with Crippen molar-refractivity contribution in [1.82, 2.24) is 14.7 Å². The van der Waals surface area contributed by atoms with Gasteiger partial charge in [0.05, 0.1) is 13.2 Å². The van der Waals surface area contributed by atoms with E-state index in [2.05, 4.69) is 5.48 Å². The smallest absolute Gasteiger partial charge is 0.340 e. The molecule has 0 aromatic heterocycles. The normalized spacial score (nSPS) is 11.7. The number of ether oxygens (including phenoxy) is 1. The number of rotatable bonds is 14. The molecule has 0 atom stereocenters. The molecule has 15 heteroatoms. The molecule has 208 valence electrons. The summed E-state index contributed by atoms with van der Waals surface area (Å²) < 4.78 is 64.7. The summed E-state index contributed by atoms with van der Waals surface area (Å²) in [5, 5.41) is 7.00. The van der Waals surface area contributed by atoms with Gasteiger partial charge in [0.25, 0.3) is 0 Å². The van der Waals surface area contributed by atoms with Gasteiger partial charge in [-0.25, -0.2) is 13.9 Å². The highest BCUT2D eigenvalue weighted by atomic mass is 35.5. The van der Waals surface area contributed by atoms with Crippen LogP contribution < -0.4 is 20.1 Å². The van der Waals surface area contributed by atoms with Crippen LogP contribution in [0, 0.1) is 12.3 Å². The number of likely N-dealkylation sites (N-methyl/N-ethyl adjacent to an activating group) is 2. The van der Waals surface area contributed by atoms with Crippen molar-refractivity contribution in [2.45, 2.75) is 23.1 Å². The predicted octanol–water partition coefficient (Wildman–Crippen LogP) is 1.55. The molecule has 0 bridgehead atoms. The Labute approximate surface area is 224 Å². The van der Waals surface area contributed by atoms with Gasteiger partial charge in [0.15, 0.2) is 0 Å². The second-order valence-electron chi connectivity index (χ2n) is 8.16. The van der Waals surface area contributed by atoms with Gasteiger partial charge in [-0.15, -0.1) is 12.4 Å². The van der Waals surface area contributed by atoms with E-state index >= 15 is 0 Å². The Bertz CT molecular complexity index is 1260. The van der Waals surface area contributed by atoms with Crippen molar-refractivity contribution in [3.63, 3.8) is 0 Å². The fourth-order valence-electron chi connectivity index (χ4n) is 2.97. The zero-order valence-electron chi connectivity index (χ0n) is 21.1.